The molecule has 7 nitrogen and oxygen atoms in total. The van der Waals surface area contributed by atoms with Crippen LogP contribution in [-0.2, 0) is 9.59 Å². The third kappa shape index (κ3) is 3.46. The molecule has 1 aromatic heterocycles. The number of benzene rings is 1. The van der Waals surface area contributed by atoms with Gasteiger partial charge in [-0.25, -0.2) is 4.68 Å². The zero-order chi connectivity index (χ0) is 17.1. The Morgan fingerprint density at radius 3 is 2.79 bits per heavy atom. The number of quaternary nitrogens is 1. The maximum atomic E-state index is 12.3. The van der Waals surface area contributed by atoms with Crippen molar-refractivity contribution in [2.75, 3.05) is 31.5 Å². The molecule has 24 heavy (non-hydrogen) atoms. The lowest BCUT2D eigenvalue weighted by atomic mass is 10.2. The first-order valence-corrected chi connectivity index (χ1v) is 8.06. The summed E-state index contributed by atoms with van der Waals surface area (Å²) in [6.45, 7) is 5.82. The molecule has 3 N–H and O–H groups in total. The number of hydrogen-bond acceptors (Lipinski definition) is 3. The topological polar surface area (TPSA) is 80.5 Å². The molecule has 2 amide bonds. The molecule has 0 bridgehead atoms. The van der Waals surface area contributed by atoms with Crippen LogP contribution in [0.25, 0.3) is 5.69 Å². The number of carbonyl (C=O) groups excluding carboxylic acids is 2. The fourth-order valence-electron chi connectivity index (χ4n) is 2.96. The lowest BCUT2D eigenvalue weighted by Gasteiger charge is -2.22. The first-order chi connectivity index (χ1) is 11.5. The van der Waals surface area contributed by atoms with E-state index in [1.165, 1.54) is 0 Å². The number of hydrogen-bond donors (Lipinski definition) is 3. The molecule has 0 aliphatic carbocycles. The Hall–Kier alpha value is -2.67. The molecule has 2 aromatic rings. The van der Waals surface area contributed by atoms with Crippen LogP contribution >= 0.6 is 0 Å². The average Bonchev–Trinajstić information content (AvgIpc) is 2.84. The highest BCUT2D eigenvalue weighted by atomic mass is 16.2. The summed E-state index contributed by atoms with van der Waals surface area (Å²) in [7, 11) is 0. The van der Waals surface area contributed by atoms with Crippen LogP contribution in [0.3, 0.4) is 0 Å². The van der Waals surface area contributed by atoms with Crippen molar-refractivity contribution in [2.45, 2.75) is 13.8 Å². The predicted octanol–water partition coefficient (Wildman–Crippen LogP) is -0.558. The molecule has 0 spiro atoms. The number of piperazine rings is 1. The lowest BCUT2D eigenvalue weighted by Crippen LogP contribution is -3.16. The quantitative estimate of drug-likeness (QED) is 0.704. The number of amides is 2. The van der Waals surface area contributed by atoms with E-state index in [2.05, 4.69) is 15.7 Å². The summed E-state index contributed by atoms with van der Waals surface area (Å²) in [6.07, 6.45) is 0. The highest BCUT2D eigenvalue weighted by Gasteiger charge is 2.23. The molecule has 1 aliphatic rings. The van der Waals surface area contributed by atoms with Gasteiger partial charge in [-0.3, -0.25) is 9.59 Å². The van der Waals surface area contributed by atoms with Crippen molar-refractivity contribution in [1.29, 1.82) is 0 Å². The molecule has 1 saturated heterocycles. The number of rotatable bonds is 4. The minimum atomic E-state index is -0.0986. The van der Waals surface area contributed by atoms with Gasteiger partial charge >= 0.3 is 0 Å². The Labute approximate surface area is 140 Å². The molecule has 2 heterocycles. The predicted molar refractivity (Wildman–Crippen MR) is 90.2 cm³/mol. The van der Waals surface area contributed by atoms with Crippen LogP contribution in [0.4, 0.5) is 5.69 Å². The van der Waals surface area contributed by atoms with E-state index in [-0.39, 0.29) is 18.4 Å². The van der Waals surface area contributed by atoms with Crippen molar-refractivity contribution < 1.29 is 14.5 Å². The van der Waals surface area contributed by atoms with Gasteiger partial charge in [0.05, 0.1) is 35.9 Å². The van der Waals surface area contributed by atoms with E-state index in [0.29, 0.717) is 13.1 Å². The second kappa shape index (κ2) is 6.84. The Morgan fingerprint density at radius 2 is 2.08 bits per heavy atom. The van der Waals surface area contributed by atoms with E-state index in [1.807, 2.05) is 48.9 Å². The average molecular weight is 328 g/mol. The number of nitrogens with one attached hydrogen (secondary N) is 3. The number of aromatic nitrogens is 2. The van der Waals surface area contributed by atoms with Crippen LogP contribution in [0, 0.1) is 13.8 Å². The van der Waals surface area contributed by atoms with Crippen LogP contribution in [0.5, 0.6) is 0 Å². The summed E-state index contributed by atoms with van der Waals surface area (Å²) >= 11 is 0. The SMILES string of the molecule is Cc1nn(-c2ccccc2)c(C)c1NC(=O)C[NH+]1CCNC(=O)C1. The largest absolute Gasteiger partial charge is 0.346 e. The molecular weight excluding hydrogens is 306 g/mol. The summed E-state index contributed by atoms with van der Waals surface area (Å²) in [5, 5.41) is 10.2. The van der Waals surface area contributed by atoms with E-state index >= 15 is 0 Å². The number of carbonyl (C=O) groups is 2. The molecule has 1 aromatic carbocycles. The second-order valence-corrected chi connectivity index (χ2v) is 6.04. The molecule has 1 aliphatic heterocycles. The first-order valence-electron chi connectivity index (χ1n) is 8.06. The van der Waals surface area contributed by atoms with Gasteiger partial charge in [0.25, 0.3) is 11.8 Å². The van der Waals surface area contributed by atoms with E-state index in [4.69, 9.17) is 0 Å². The molecule has 0 radical (unpaired) electrons. The van der Waals surface area contributed by atoms with Crippen molar-refractivity contribution in [3.63, 3.8) is 0 Å². The molecule has 126 valence electrons. The van der Waals surface area contributed by atoms with Crippen LogP contribution in [0.15, 0.2) is 30.3 Å². The first kappa shape index (κ1) is 16.2. The highest BCUT2D eigenvalue weighted by molar-refractivity contribution is 5.92. The Kier molecular flexibility index (Phi) is 4.61. The molecular formula is C17H22N5O2+. The van der Waals surface area contributed by atoms with Gasteiger partial charge in [0.2, 0.25) is 0 Å². The van der Waals surface area contributed by atoms with E-state index in [0.717, 1.165) is 34.2 Å². The van der Waals surface area contributed by atoms with Crippen molar-refractivity contribution in [1.82, 2.24) is 15.1 Å². The highest BCUT2D eigenvalue weighted by Crippen LogP contribution is 2.22. The minimum absolute atomic E-state index is 0.00620. The maximum absolute atomic E-state index is 12.3. The van der Waals surface area contributed by atoms with Crippen molar-refractivity contribution >= 4 is 17.5 Å². The lowest BCUT2D eigenvalue weighted by molar-refractivity contribution is -0.885. The zero-order valence-electron chi connectivity index (χ0n) is 13.9. The third-order valence-electron chi connectivity index (χ3n) is 4.18. The number of anilines is 1. The number of para-hydroxylation sites is 1. The summed E-state index contributed by atoms with van der Waals surface area (Å²) in [5.74, 6) is -0.105. The maximum Gasteiger partial charge on any atom is 0.279 e. The second-order valence-electron chi connectivity index (χ2n) is 6.04. The fraction of sp³-hybridized carbons (Fsp3) is 0.353. The number of nitrogens with zero attached hydrogens (tertiary/aromatic N) is 2. The smallest absolute Gasteiger partial charge is 0.279 e. The molecule has 1 unspecified atom stereocenters. The summed E-state index contributed by atoms with van der Waals surface area (Å²) in [6, 6.07) is 9.81. The monoisotopic (exact) mass is 328 g/mol. The van der Waals surface area contributed by atoms with Crippen LogP contribution in [0.2, 0.25) is 0 Å². The van der Waals surface area contributed by atoms with Crippen molar-refractivity contribution in [3.05, 3.63) is 41.7 Å². The fourth-order valence-corrected chi connectivity index (χ4v) is 2.96. The van der Waals surface area contributed by atoms with Crippen LogP contribution in [0.1, 0.15) is 11.4 Å². The van der Waals surface area contributed by atoms with Gasteiger partial charge in [0, 0.05) is 0 Å². The number of aryl methyl sites for hydroxylation is 1. The summed E-state index contributed by atoms with van der Waals surface area (Å²) in [4.78, 5) is 24.7. The van der Waals surface area contributed by atoms with E-state index in [9.17, 15) is 9.59 Å². The third-order valence-corrected chi connectivity index (χ3v) is 4.18. The Balaban J connectivity index is 1.72. The van der Waals surface area contributed by atoms with Crippen LogP contribution < -0.4 is 15.5 Å². The van der Waals surface area contributed by atoms with E-state index in [1.54, 1.807) is 0 Å². The van der Waals surface area contributed by atoms with Crippen molar-refractivity contribution in [3.8, 4) is 5.69 Å². The molecule has 1 fully saturated rings. The molecule has 0 saturated carbocycles. The Morgan fingerprint density at radius 1 is 1.33 bits per heavy atom. The minimum Gasteiger partial charge on any atom is -0.346 e. The van der Waals surface area contributed by atoms with Crippen molar-refractivity contribution in [2.24, 2.45) is 0 Å². The van der Waals surface area contributed by atoms with E-state index < -0.39 is 0 Å². The van der Waals surface area contributed by atoms with Gasteiger partial charge < -0.3 is 15.5 Å². The molecule has 3 rings (SSSR count). The Bertz CT molecular complexity index is 754. The summed E-state index contributed by atoms with van der Waals surface area (Å²) in [5.41, 5.74) is 3.36. The van der Waals surface area contributed by atoms with Gasteiger partial charge in [0.1, 0.15) is 0 Å². The van der Waals surface area contributed by atoms with Gasteiger partial charge in [-0.05, 0) is 26.0 Å². The molecule has 1 atom stereocenters. The normalized spacial score (nSPS) is 17.4. The van der Waals surface area contributed by atoms with Gasteiger partial charge in [-0.1, -0.05) is 18.2 Å². The van der Waals surface area contributed by atoms with Gasteiger partial charge in [-0.2, -0.15) is 5.10 Å². The summed E-state index contributed by atoms with van der Waals surface area (Å²) < 4.78 is 1.83. The molecule has 7 heteroatoms. The van der Waals surface area contributed by atoms with Crippen LogP contribution in [-0.4, -0.2) is 47.8 Å². The van der Waals surface area contributed by atoms with Gasteiger partial charge in [0.15, 0.2) is 13.1 Å². The zero-order valence-corrected chi connectivity index (χ0v) is 13.9. The standard InChI is InChI=1S/C17H21N5O2/c1-12-17(13(2)22(20-12)14-6-4-3-5-7-14)19-16(24)11-21-9-8-18-15(23)10-21/h3-7H,8-11H2,1-2H3,(H,18,23)(H,19,24)/p+1. The van der Waals surface area contributed by atoms with Gasteiger partial charge in [-0.15, -0.1) is 0 Å².